The number of nitrogens with zero attached hydrogens (tertiary/aromatic N) is 4. The molecular formula is C18H16N6O2. The summed E-state index contributed by atoms with van der Waals surface area (Å²) >= 11 is 0. The van der Waals surface area contributed by atoms with Gasteiger partial charge in [-0.15, -0.1) is 10.2 Å². The Morgan fingerprint density at radius 3 is 2.88 bits per heavy atom. The summed E-state index contributed by atoms with van der Waals surface area (Å²) in [7, 11) is 1.50. The van der Waals surface area contributed by atoms with Crippen molar-refractivity contribution in [2.75, 3.05) is 12.5 Å². The first-order valence-electron chi connectivity index (χ1n) is 7.93. The lowest BCUT2D eigenvalue weighted by molar-refractivity contribution is 0.373. The van der Waals surface area contributed by atoms with Gasteiger partial charge in [0.15, 0.2) is 17.1 Å². The molecule has 8 nitrogen and oxygen atoms in total. The fourth-order valence-corrected chi connectivity index (χ4v) is 2.68. The van der Waals surface area contributed by atoms with Gasteiger partial charge in [-0.3, -0.25) is 0 Å². The van der Waals surface area contributed by atoms with Crippen LogP contribution >= 0.6 is 0 Å². The van der Waals surface area contributed by atoms with E-state index in [1.54, 1.807) is 24.4 Å². The number of hydrogen-bond acceptors (Lipinski definition) is 7. The number of anilines is 1. The number of hydrogen-bond donors (Lipinski definition) is 3. The second-order valence-electron chi connectivity index (χ2n) is 5.81. The smallest absolute Gasteiger partial charge is 0.265 e. The Labute approximate surface area is 148 Å². The summed E-state index contributed by atoms with van der Waals surface area (Å²) < 4.78 is 5.01. The number of benzene rings is 2. The number of phenols is 1. The Balaban J connectivity index is 1.57. The van der Waals surface area contributed by atoms with E-state index < -0.39 is 0 Å². The molecule has 0 saturated carbocycles. The molecule has 26 heavy (non-hydrogen) atoms. The van der Waals surface area contributed by atoms with Crippen molar-refractivity contribution in [3.63, 3.8) is 0 Å². The number of ether oxygens (including phenoxy) is 1. The highest BCUT2D eigenvalue weighted by Crippen LogP contribution is 2.25. The van der Waals surface area contributed by atoms with E-state index in [2.05, 4.69) is 30.7 Å². The van der Waals surface area contributed by atoms with E-state index in [0.717, 1.165) is 22.0 Å². The van der Waals surface area contributed by atoms with Crippen LogP contribution in [0.15, 0.2) is 41.5 Å². The molecule has 0 bridgehead atoms. The van der Waals surface area contributed by atoms with Gasteiger partial charge in [-0.2, -0.15) is 10.1 Å². The van der Waals surface area contributed by atoms with E-state index in [1.807, 2.05) is 25.1 Å². The number of rotatable bonds is 4. The van der Waals surface area contributed by atoms with E-state index in [9.17, 15) is 5.11 Å². The van der Waals surface area contributed by atoms with E-state index in [1.165, 1.54) is 7.11 Å². The molecule has 2 aromatic heterocycles. The molecule has 0 aliphatic carbocycles. The minimum Gasteiger partial charge on any atom is -0.504 e. The molecule has 0 fully saturated rings. The lowest BCUT2D eigenvalue weighted by Gasteiger charge is -2.03. The van der Waals surface area contributed by atoms with E-state index in [4.69, 9.17) is 4.74 Å². The number of aromatic hydroxyl groups is 1. The summed E-state index contributed by atoms with van der Waals surface area (Å²) in [6.45, 7) is 2.03. The molecular weight excluding hydrogens is 332 g/mol. The van der Waals surface area contributed by atoms with Gasteiger partial charge in [0, 0.05) is 10.9 Å². The molecule has 4 rings (SSSR count). The van der Waals surface area contributed by atoms with Gasteiger partial charge in [0.2, 0.25) is 0 Å². The zero-order chi connectivity index (χ0) is 18.1. The molecule has 130 valence electrons. The molecule has 8 heteroatoms. The molecule has 0 saturated heterocycles. The number of H-pyrrole nitrogens is 1. The van der Waals surface area contributed by atoms with Crippen molar-refractivity contribution in [2.24, 2.45) is 5.10 Å². The predicted molar refractivity (Wildman–Crippen MR) is 99.8 cm³/mol. The number of hydrazone groups is 1. The maximum Gasteiger partial charge on any atom is 0.265 e. The van der Waals surface area contributed by atoms with Crippen molar-refractivity contribution >= 4 is 34.2 Å². The number of methoxy groups -OCH3 is 1. The molecule has 0 aliphatic heterocycles. The summed E-state index contributed by atoms with van der Waals surface area (Å²) in [4.78, 5) is 7.62. The Bertz CT molecular complexity index is 1140. The molecule has 0 spiro atoms. The molecule has 0 atom stereocenters. The Morgan fingerprint density at radius 1 is 1.19 bits per heavy atom. The molecule has 2 aromatic carbocycles. The van der Waals surface area contributed by atoms with Crippen LogP contribution < -0.4 is 10.2 Å². The van der Waals surface area contributed by atoms with Crippen LogP contribution in [0.3, 0.4) is 0 Å². The van der Waals surface area contributed by atoms with Crippen molar-refractivity contribution in [3.05, 3.63) is 47.5 Å². The third-order valence-electron chi connectivity index (χ3n) is 3.95. The number of nitrogens with one attached hydrogen (secondary N) is 2. The lowest BCUT2D eigenvalue weighted by Crippen LogP contribution is -1.99. The highest BCUT2D eigenvalue weighted by Gasteiger charge is 2.09. The van der Waals surface area contributed by atoms with Crippen LogP contribution in [-0.4, -0.2) is 38.6 Å². The minimum atomic E-state index is 0.0455. The van der Waals surface area contributed by atoms with Crippen molar-refractivity contribution < 1.29 is 9.84 Å². The van der Waals surface area contributed by atoms with Gasteiger partial charge in [0.05, 0.1) is 13.3 Å². The standard InChI is InChI=1S/C18H16N6O2/c1-10-3-5-13-12(7-10)16-17(20-13)21-18(24-22-16)23-19-9-11-4-6-15(26-2)14(25)8-11/h3-9,25H,1-2H3,(H2,20,21,23,24)/b19-9+. The maximum absolute atomic E-state index is 9.77. The van der Waals surface area contributed by atoms with Crippen LogP contribution in [0.4, 0.5) is 5.95 Å². The summed E-state index contributed by atoms with van der Waals surface area (Å²) in [6, 6.07) is 11.0. The molecule has 0 amide bonds. The third-order valence-corrected chi connectivity index (χ3v) is 3.95. The fraction of sp³-hybridized carbons (Fsp3) is 0.111. The van der Waals surface area contributed by atoms with Gasteiger partial charge >= 0.3 is 0 Å². The lowest BCUT2D eigenvalue weighted by atomic mass is 10.2. The zero-order valence-electron chi connectivity index (χ0n) is 14.2. The predicted octanol–water partition coefficient (Wildman–Crippen LogP) is 2.97. The quantitative estimate of drug-likeness (QED) is 0.386. The van der Waals surface area contributed by atoms with Crippen LogP contribution in [-0.2, 0) is 0 Å². The SMILES string of the molecule is COc1ccc(/C=N/Nc2nnc3c(n2)[nH]c2ccc(C)cc23)cc1O. The number of aromatic amines is 1. The molecule has 0 radical (unpaired) electrons. The molecule has 3 N–H and O–H groups in total. The van der Waals surface area contributed by atoms with E-state index in [0.29, 0.717) is 17.0 Å². The molecule has 0 aliphatic rings. The molecule has 4 aromatic rings. The van der Waals surface area contributed by atoms with Crippen LogP contribution in [0.2, 0.25) is 0 Å². The van der Waals surface area contributed by atoms with E-state index in [-0.39, 0.29) is 11.7 Å². The zero-order valence-corrected chi connectivity index (χ0v) is 14.2. The topological polar surface area (TPSA) is 108 Å². The largest absolute Gasteiger partial charge is 0.504 e. The van der Waals surface area contributed by atoms with Gasteiger partial charge in [-0.05, 0) is 42.8 Å². The number of fused-ring (bicyclic) bond motifs is 3. The Kier molecular flexibility index (Phi) is 3.85. The second-order valence-corrected chi connectivity index (χ2v) is 5.81. The van der Waals surface area contributed by atoms with Crippen LogP contribution in [0, 0.1) is 6.92 Å². The maximum atomic E-state index is 9.77. The van der Waals surface area contributed by atoms with Gasteiger partial charge in [-0.1, -0.05) is 11.6 Å². The third kappa shape index (κ3) is 2.88. The van der Waals surface area contributed by atoms with Gasteiger partial charge in [0.25, 0.3) is 5.95 Å². The monoisotopic (exact) mass is 348 g/mol. The first-order chi connectivity index (χ1) is 12.6. The van der Waals surface area contributed by atoms with Crippen molar-refractivity contribution in [2.45, 2.75) is 6.92 Å². The first-order valence-corrected chi connectivity index (χ1v) is 7.93. The number of aromatic nitrogens is 4. The molecule has 2 heterocycles. The summed E-state index contributed by atoms with van der Waals surface area (Å²) in [5, 5.41) is 23.1. The van der Waals surface area contributed by atoms with Crippen LogP contribution in [0.1, 0.15) is 11.1 Å². The average Bonchev–Trinajstić information content (AvgIpc) is 2.99. The summed E-state index contributed by atoms with van der Waals surface area (Å²) in [5.74, 6) is 0.723. The van der Waals surface area contributed by atoms with Gasteiger partial charge in [0.1, 0.15) is 5.52 Å². The van der Waals surface area contributed by atoms with Crippen molar-refractivity contribution in [3.8, 4) is 11.5 Å². The Hall–Kier alpha value is -3.68. The summed E-state index contributed by atoms with van der Waals surface area (Å²) in [5.41, 5.74) is 6.91. The average molecular weight is 348 g/mol. The second kappa shape index (κ2) is 6.32. The highest BCUT2D eigenvalue weighted by atomic mass is 16.5. The highest BCUT2D eigenvalue weighted by molar-refractivity contribution is 6.03. The number of phenolic OH excluding ortho intramolecular Hbond substituents is 1. The normalized spacial score (nSPS) is 11.5. The van der Waals surface area contributed by atoms with Crippen molar-refractivity contribution in [1.29, 1.82) is 0 Å². The van der Waals surface area contributed by atoms with Crippen LogP contribution in [0.5, 0.6) is 11.5 Å². The van der Waals surface area contributed by atoms with E-state index >= 15 is 0 Å². The fourth-order valence-electron chi connectivity index (χ4n) is 2.68. The van der Waals surface area contributed by atoms with Gasteiger partial charge < -0.3 is 14.8 Å². The minimum absolute atomic E-state index is 0.0455. The Morgan fingerprint density at radius 2 is 2.08 bits per heavy atom. The number of aryl methyl sites for hydroxylation is 1. The summed E-state index contributed by atoms with van der Waals surface area (Å²) in [6.07, 6.45) is 1.54. The van der Waals surface area contributed by atoms with Crippen molar-refractivity contribution in [1.82, 2.24) is 20.2 Å². The van der Waals surface area contributed by atoms with Gasteiger partial charge in [-0.25, -0.2) is 5.43 Å². The van der Waals surface area contributed by atoms with Crippen LogP contribution in [0.25, 0.3) is 22.1 Å². The first kappa shape index (κ1) is 15.8. The molecule has 0 unspecified atom stereocenters.